The summed E-state index contributed by atoms with van der Waals surface area (Å²) in [5.74, 6) is 0.309. The van der Waals surface area contributed by atoms with E-state index < -0.39 is 6.09 Å². The second-order valence-electron chi connectivity index (χ2n) is 3.92. The molecule has 1 aliphatic rings. The number of ether oxygens (including phenoxy) is 2. The van der Waals surface area contributed by atoms with Gasteiger partial charge in [0, 0.05) is 5.02 Å². The van der Waals surface area contributed by atoms with Crippen LogP contribution in [0.5, 0.6) is 5.75 Å². The van der Waals surface area contributed by atoms with Crippen LogP contribution in [0.4, 0.5) is 4.79 Å². The molecule has 6 heteroatoms. The van der Waals surface area contributed by atoms with E-state index in [4.69, 9.17) is 21.1 Å². The number of cyclic esters (lactones) is 1. The number of hydrogen-bond acceptors (Lipinski definition) is 4. The topological polar surface area (TPSA) is 64.6 Å². The number of carbonyl (C=O) groups is 2. The number of benzene rings is 1. The molecule has 5 nitrogen and oxygen atoms in total. The quantitative estimate of drug-likeness (QED) is 0.850. The molecule has 1 atom stereocenters. The lowest BCUT2D eigenvalue weighted by molar-refractivity contribution is 0.0973. The SMILES string of the molecule is CC(=O)c1cc(Cl)ccc1OCC1CNC(=O)O1. The van der Waals surface area contributed by atoms with Gasteiger partial charge in [-0.15, -0.1) is 0 Å². The van der Waals surface area contributed by atoms with Crippen LogP contribution in [0.2, 0.25) is 5.02 Å². The number of Topliss-reactive ketones (excluding diaryl/α,β-unsaturated/α-hetero) is 1. The van der Waals surface area contributed by atoms with Gasteiger partial charge in [0.25, 0.3) is 0 Å². The van der Waals surface area contributed by atoms with Crippen molar-refractivity contribution < 1.29 is 19.1 Å². The van der Waals surface area contributed by atoms with Gasteiger partial charge in [-0.3, -0.25) is 4.79 Å². The minimum atomic E-state index is -0.452. The molecule has 1 saturated heterocycles. The summed E-state index contributed by atoms with van der Waals surface area (Å²) in [6, 6.07) is 4.82. The van der Waals surface area contributed by atoms with E-state index in [-0.39, 0.29) is 18.5 Å². The number of ketones is 1. The third kappa shape index (κ3) is 2.92. The molecular formula is C12H12ClNO4. The molecular weight excluding hydrogens is 258 g/mol. The highest BCUT2D eigenvalue weighted by Gasteiger charge is 2.23. The average Bonchev–Trinajstić information content (AvgIpc) is 2.73. The van der Waals surface area contributed by atoms with Crippen LogP contribution in [0.25, 0.3) is 0 Å². The fourth-order valence-electron chi connectivity index (χ4n) is 1.61. The van der Waals surface area contributed by atoms with Crippen molar-refractivity contribution >= 4 is 23.5 Å². The van der Waals surface area contributed by atoms with E-state index in [2.05, 4.69) is 5.32 Å². The van der Waals surface area contributed by atoms with E-state index >= 15 is 0 Å². The zero-order chi connectivity index (χ0) is 13.1. The minimum Gasteiger partial charge on any atom is -0.489 e. The van der Waals surface area contributed by atoms with Crippen LogP contribution in [0.15, 0.2) is 18.2 Å². The van der Waals surface area contributed by atoms with E-state index in [9.17, 15) is 9.59 Å². The molecule has 0 radical (unpaired) electrons. The molecule has 0 aromatic heterocycles. The highest BCUT2D eigenvalue weighted by Crippen LogP contribution is 2.23. The Morgan fingerprint density at radius 1 is 1.61 bits per heavy atom. The van der Waals surface area contributed by atoms with Gasteiger partial charge in [0.1, 0.15) is 12.4 Å². The number of carbonyl (C=O) groups excluding carboxylic acids is 2. The van der Waals surface area contributed by atoms with E-state index in [1.54, 1.807) is 18.2 Å². The molecule has 1 aliphatic heterocycles. The predicted molar refractivity (Wildman–Crippen MR) is 65.2 cm³/mol. The highest BCUT2D eigenvalue weighted by atomic mass is 35.5. The fraction of sp³-hybridized carbons (Fsp3) is 0.333. The first kappa shape index (κ1) is 12.7. The van der Waals surface area contributed by atoms with Crippen LogP contribution >= 0.6 is 11.6 Å². The van der Waals surface area contributed by atoms with E-state index in [0.29, 0.717) is 22.9 Å². The van der Waals surface area contributed by atoms with Gasteiger partial charge in [-0.1, -0.05) is 11.6 Å². The molecule has 2 rings (SSSR count). The summed E-state index contributed by atoms with van der Waals surface area (Å²) >= 11 is 5.82. The second kappa shape index (κ2) is 5.27. The molecule has 96 valence electrons. The summed E-state index contributed by atoms with van der Waals surface area (Å²) < 4.78 is 10.4. The third-order valence-electron chi connectivity index (χ3n) is 2.49. The van der Waals surface area contributed by atoms with E-state index in [1.165, 1.54) is 6.92 Å². The molecule has 1 aromatic rings. The van der Waals surface area contributed by atoms with Gasteiger partial charge < -0.3 is 14.8 Å². The summed E-state index contributed by atoms with van der Waals surface area (Å²) in [4.78, 5) is 22.3. The zero-order valence-corrected chi connectivity index (χ0v) is 10.5. The highest BCUT2D eigenvalue weighted by molar-refractivity contribution is 6.31. The minimum absolute atomic E-state index is 0.131. The van der Waals surface area contributed by atoms with Gasteiger partial charge in [-0.05, 0) is 25.1 Å². The van der Waals surface area contributed by atoms with Gasteiger partial charge in [0.15, 0.2) is 11.9 Å². The van der Waals surface area contributed by atoms with Crippen molar-refractivity contribution in [3.63, 3.8) is 0 Å². The molecule has 1 N–H and O–H groups in total. The maximum Gasteiger partial charge on any atom is 0.407 e. The molecule has 1 amide bonds. The van der Waals surface area contributed by atoms with Crippen LogP contribution in [0.1, 0.15) is 17.3 Å². The van der Waals surface area contributed by atoms with E-state index in [0.717, 1.165) is 0 Å². The number of hydrogen-bond donors (Lipinski definition) is 1. The van der Waals surface area contributed by atoms with Gasteiger partial charge in [-0.2, -0.15) is 0 Å². The van der Waals surface area contributed by atoms with E-state index in [1.807, 2.05) is 0 Å². The summed E-state index contributed by atoms with van der Waals surface area (Å²) in [5, 5.41) is 3.00. The van der Waals surface area contributed by atoms with Gasteiger partial charge in [0.2, 0.25) is 0 Å². The Morgan fingerprint density at radius 3 is 3.00 bits per heavy atom. The van der Waals surface area contributed by atoms with Crippen LogP contribution in [-0.4, -0.2) is 31.1 Å². The Hall–Kier alpha value is -1.75. The standard InChI is InChI=1S/C12H12ClNO4/c1-7(15)10-4-8(13)2-3-11(10)17-6-9-5-14-12(16)18-9/h2-4,9H,5-6H2,1H3,(H,14,16). The fourth-order valence-corrected chi connectivity index (χ4v) is 1.78. The number of halogens is 1. The van der Waals surface area contributed by atoms with Crippen LogP contribution in [0, 0.1) is 0 Å². The largest absolute Gasteiger partial charge is 0.489 e. The lowest BCUT2D eigenvalue weighted by Crippen LogP contribution is -2.22. The van der Waals surface area contributed by atoms with Crippen molar-refractivity contribution in [3.05, 3.63) is 28.8 Å². The molecule has 1 fully saturated rings. The van der Waals surface area contributed by atoms with Crippen molar-refractivity contribution in [1.82, 2.24) is 5.32 Å². The molecule has 0 saturated carbocycles. The Kier molecular flexibility index (Phi) is 3.72. The van der Waals surface area contributed by atoms with Crippen molar-refractivity contribution in [2.45, 2.75) is 13.0 Å². The molecule has 1 aromatic carbocycles. The van der Waals surface area contributed by atoms with Gasteiger partial charge in [0.05, 0.1) is 12.1 Å². The first-order valence-electron chi connectivity index (χ1n) is 5.44. The molecule has 18 heavy (non-hydrogen) atoms. The molecule has 1 heterocycles. The summed E-state index contributed by atoms with van der Waals surface area (Å²) in [5.41, 5.74) is 0.416. The Balaban J connectivity index is 2.04. The first-order valence-corrected chi connectivity index (χ1v) is 5.82. The smallest absolute Gasteiger partial charge is 0.407 e. The third-order valence-corrected chi connectivity index (χ3v) is 2.73. The number of amides is 1. The van der Waals surface area contributed by atoms with Crippen molar-refractivity contribution in [3.8, 4) is 5.75 Å². The van der Waals surface area contributed by atoms with Crippen molar-refractivity contribution in [2.75, 3.05) is 13.2 Å². The first-order chi connectivity index (χ1) is 8.56. The molecule has 0 bridgehead atoms. The number of alkyl carbamates (subject to hydrolysis) is 1. The monoisotopic (exact) mass is 269 g/mol. The van der Waals surface area contributed by atoms with Crippen LogP contribution in [0.3, 0.4) is 0 Å². The van der Waals surface area contributed by atoms with Crippen molar-refractivity contribution in [1.29, 1.82) is 0 Å². The molecule has 0 spiro atoms. The lowest BCUT2D eigenvalue weighted by atomic mass is 10.1. The number of nitrogens with one attached hydrogen (secondary N) is 1. The van der Waals surface area contributed by atoms with Crippen LogP contribution < -0.4 is 10.1 Å². The molecule has 0 aliphatic carbocycles. The second-order valence-corrected chi connectivity index (χ2v) is 4.35. The Labute approximate surface area is 109 Å². The zero-order valence-electron chi connectivity index (χ0n) is 9.73. The van der Waals surface area contributed by atoms with Crippen LogP contribution in [-0.2, 0) is 4.74 Å². The predicted octanol–water partition coefficient (Wildman–Crippen LogP) is 2.03. The average molecular weight is 270 g/mol. The molecule has 1 unspecified atom stereocenters. The summed E-state index contributed by atoms with van der Waals surface area (Å²) in [6.45, 7) is 2.04. The normalized spacial score (nSPS) is 18.1. The van der Waals surface area contributed by atoms with Gasteiger partial charge >= 0.3 is 6.09 Å². The van der Waals surface area contributed by atoms with Gasteiger partial charge in [-0.25, -0.2) is 4.79 Å². The Bertz CT molecular complexity index is 489. The summed E-state index contributed by atoms with van der Waals surface area (Å²) in [7, 11) is 0. The Morgan fingerprint density at radius 2 is 2.39 bits per heavy atom. The lowest BCUT2D eigenvalue weighted by Gasteiger charge is -2.12. The summed E-state index contributed by atoms with van der Waals surface area (Å²) in [6.07, 6.45) is -0.792. The maximum atomic E-state index is 11.4. The van der Waals surface area contributed by atoms with Crippen molar-refractivity contribution in [2.24, 2.45) is 0 Å². The maximum absolute atomic E-state index is 11.4. The number of rotatable bonds is 4.